The molecule has 1 aromatic heterocycles. The van der Waals surface area contributed by atoms with E-state index in [0.29, 0.717) is 5.16 Å². The van der Waals surface area contributed by atoms with Gasteiger partial charge in [-0.3, -0.25) is 4.79 Å². The van der Waals surface area contributed by atoms with Crippen molar-refractivity contribution in [2.45, 2.75) is 19.0 Å². The molecule has 0 saturated heterocycles. The van der Waals surface area contributed by atoms with Gasteiger partial charge < -0.3 is 9.67 Å². The van der Waals surface area contributed by atoms with Crippen molar-refractivity contribution in [2.24, 2.45) is 7.05 Å². The summed E-state index contributed by atoms with van der Waals surface area (Å²) in [6.07, 6.45) is 0. The first-order valence-electron chi connectivity index (χ1n) is 5.80. The van der Waals surface area contributed by atoms with Crippen LogP contribution >= 0.6 is 11.8 Å². The summed E-state index contributed by atoms with van der Waals surface area (Å²) in [5, 5.41) is 17.5. The van der Waals surface area contributed by atoms with Crippen LogP contribution in [0.15, 0.2) is 23.4 Å². The molecule has 0 fully saturated rings. The Morgan fingerprint density at radius 3 is 2.79 bits per heavy atom. The van der Waals surface area contributed by atoms with Gasteiger partial charge in [0.15, 0.2) is 11.0 Å². The zero-order valence-electron chi connectivity index (χ0n) is 11.0. The van der Waals surface area contributed by atoms with E-state index in [1.165, 1.54) is 11.8 Å². The second-order valence-corrected chi connectivity index (χ2v) is 5.31. The van der Waals surface area contributed by atoms with Crippen LogP contribution in [0.3, 0.4) is 0 Å². The van der Waals surface area contributed by atoms with Crippen LogP contribution in [0, 0.1) is 13.8 Å². The average molecular weight is 277 g/mol. The Morgan fingerprint density at radius 2 is 2.11 bits per heavy atom. The van der Waals surface area contributed by atoms with Crippen LogP contribution in [-0.2, 0) is 11.8 Å². The van der Waals surface area contributed by atoms with Gasteiger partial charge in [0.1, 0.15) is 0 Å². The summed E-state index contributed by atoms with van der Waals surface area (Å²) in [7, 11) is 1.85. The molecule has 1 heterocycles. The highest BCUT2D eigenvalue weighted by Gasteiger charge is 2.14. The number of carbonyl (C=O) groups is 1. The van der Waals surface area contributed by atoms with E-state index in [1.807, 2.05) is 31.5 Å². The Kier molecular flexibility index (Phi) is 3.90. The number of thioether (sulfide) groups is 1. The molecule has 0 spiro atoms. The first kappa shape index (κ1) is 13.6. The molecule has 0 bridgehead atoms. The fourth-order valence-corrected chi connectivity index (χ4v) is 2.41. The fraction of sp³-hybridized carbons (Fsp3) is 0.308. The third-order valence-electron chi connectivity index (χ3n) is 2.79. The van der Waals surface area contributed by atoms with Crippen LogP contribution < -0.4 is 0 Å². The molecule has 100 valence electrons. The summed E-state index contributed by atoms with van der Waals surface area (Å²) < 4.78 is 1.83. The predicted octanol–water partition coefficient (Wildman–Crippen LogP) is 2.28. The van der Waals surface area contributed by atoms with E-state index < -0.39 is 5.97 Å². The highest BCUT2D eigenvalue weighted by Crippen LogP contribution is 2.25. The highest BCUT2D eigenvalue weighted by molar-refractivity contribution is 7.99. The number of rotatable bonds is 4. The number of hydrogen-bond donors (Lipinski definition) is 1. The second kappa shape index (κ2) is 5.44. The second-order valence-electron chi connectivity index (χ2n) is 4.37. The SMILES string of the molecule is Cc1ccc(C)c(-c2nnc(SCC(=O)O)n2C)c1. The molecule has 0 atom stereocenters. The van der Waals surface area contributed by atoms with Crippen molar-refractivity contribution >= 4 is 17.7 Å². The number of aliphatic carboxylic acids is 1. The van der Waals surface area contributed by atoms with Gasteiger partial charge in [0.25, 0.3) is 0 Å². The molecule has 5 nitrogen and oxygen atoms in total. The van der Waals surface area contributed by atoms with Crippen molar-refractivity contribution in [3.8, 4) is 11.4 Å². The molecule has 19 heavy (non-hydrogen) atoms. The first-order valence-corrected chi connectivity index (χ1v) is 6.79. The van der Waals surface area contributed by atoms with Gasteiger partial charge in [-0.1, -0.05) is 29.5 Å². The number of nitrogens with zero attached hydrogens (tertiary/aromatic N) is 3. The van der Waals surface area contributed by atoms with Crippen molar-refractivity contribution in [3.05, 3.63) is 29.3 Å². The Hall–Kier alpha value is -1.82. The number of aryl methyl sites for hydroxylation is 2. The van der Waals surface area contributed by atoms with E-state index in [9.17, 15) is 4.79 Å². The summed E-state index contributed by atoms with van der Waals surface area (Å²) in [5.74, 6) is -0.117. The fourth-order valence-electron chi connectivity index (χ4n) is 1.78. The van der Waals surface area contributed by atoms with E-state index in [-0.39, 0.29) is 5.75 Å². The quantitative estimate of drug-likeness (QED) is 0.868. The van der Waals surface area contributed by atoms with Gasteiger partial charge in [0.05, 0.1) is 5.75 Å². The summed E-state index contributed by atoms with van der Waals surface area (Å²) in [6.45, 7) is 4.05. The maximum atomic E-state index is 10.6. The van der Waals surface area contributed by atoms with Gasteiger partial charge >= 0.3 is 5.97 Å². The van der Waals surface area contributed by atoms with E-state index in [0.717, 1.165) is 22.5 Å². The van der Waals surface area contributed by atoms with Gasteiger partial charge in [0.2, 0.25) is 0 Å². The van der Waals surface area contributed by atoms with E-state index in [2.05, 4.69) is 22.3 Å². The van der Waals surface area contributed by atoms with Crippen LogP contribution in [0.4, 0.5) is 0 Å². The molecule has 0 radical (unpaired) electrons. The molecule has 1 N–H and O–H groups in total. The lowest BCUT2D eigenvalue weighted by Gasteiger charge is -2.07. The molecule has 2 rings (SSSR count). The number of hydrogen-bond acceptors (Lipinski definition) is 4. The minimum absolute atomic E-state index is 0.0151. The lowest BCUT2D eigenvalue weighted by Crippen LogP contribution is -2.01. The summed E-state index contributed by atoms with van der Waals surface area (Å²) >= 11 is 1.17. The molecular weight excluding hydrogens is 262 g/mol. The normalized spacial score (nSPS) is 10.7. The molecule has 0 saturated carbocycles. The average Bonchev–Trinajstić information content (AvgIpc) is 2.71. The number of carboxylic acids is 1. The van der Waals surface area contributed by atoms with Gasteiger partial charge in [-0.2, -0.15) is 0 Å². The zero-order valence-corrected chi connectivity index (χ0v) is 11.9. The van der Waals surface area contributed by atoms with Crippen molar-refractivity contribution in [1.29, 1.82) is 0 Å². The number of benzene rings is 1. The number of carboxylic acid groups (broad SMARTS) is 1. The lowest BCUT2D eigenvalue weighted by molar-refractivity contribution is -0.133. The highest BCUT2D eigenvalue weighted by atomic mass is 32.2. The Bertz CT molecular complexity index is 622. The molecule has 0 aliphatic rings. The number of aromatic nitrogens is 3. The molecular formula is C13H15N3O2S. The van der Waals surface area contributed by atoms with Crippen molar-refractivity contribution < 1.29 is 9.90 Å². The van der Waals surface area contributed by atoms with Gasteiger partial charge in [-0.15, -0.1) is 10.2 Å². The topological polar surface area (TPSA) is 68.0 Å². The Labute approximate surface area is 115 Å². The van der Waals surface area contributed by atoms with E-state index in [4.69, 9.17) is 5.11 Å². The summed E-state index contributed by atoms with van der Waals surface area (Å²) in [5.41, 5.74) is 3.30. The minimum atomic E-state index is -0.860. The molecule has 6 heteroatoms. The largest absolute Gasteiger partial charge is 0.481 e. The van der Waals surface area contributed by atoms with Crippen molar-refractivity contribution in [2.75, 3.05) is 5.75 Å². The molecule has 0 unspecified atom stereocenters. The maximum Gasteiger partial charge on any atom is 0.313 e. The zero-order chi connectivity index (χ0) is 14.0. The van der Waals surface area contributed by atoms with Gasteiger partial charge in [-0.05, 0) is 25.5 Å². The first-order chi connectivity index (χ1) is 8.99. The third kappa shape index (κ3) is 2.96. The van der Waals surface area contributed by atoms with Crippen LogP contribution in [0.25, 0.3) is 11.4 Å². The lowest BCUT2D eigenvalue weighted by atomic mass is 10.1. The van der Waals surface area contributed by atoms with E-state index in [1.54, 1.807) is 0 Å². The smallest absolute Gasteiger partial charge is 0.313 e. The van der Waals surface area contributed by atoms with Crippen LogP contribution in [0.1, 0.15) is 11.1 Å². The molecule has 1 aromatic carbocycles. The molecule has 0 aliphatic carbocycles. The van der Waals surface area contributed by atoms with E-state index >= 15 is 0 Å². The Balaban J connectivity index is 2.36. The summed E-state index contributed by atoms with van der Waals surface area (Å²) in [4.78, 5) is 10.6. The molecule has 0 amide bonds. The molecule has 0 aliphatic heterocycles. The van der Waals surface area contributed by atoms with Gasteiger partial charge in [0, 0.05) is 12.6 Å². The molecule has 2 aromatic rings. The minimum Gasteiger partial charge on any atom is -0.481 e. The standard InChI is InChI=1S/C13H15N3O2S/c1-8-4-5-9(2)10(6-8)12-14-15-13(16(12)3)19-7-11(17)18/h4-6H,7H2,1-3H3,(H,17,18). The van der Waals surface area contributed by atoms with Gasteiger partial charge in [-0.25, -0.2) is 0 Å². The predicted molar refractivity (Wildman–Crippen MR) is 74.3 cm³/mol. The maximum absolute atomic E-state index is 10.6. The van der Waals surface area contributed by atoms with Crippen molar-refractivity contribution in [1.82, 2.24) is 14.8 Å². The summed E-state index contributed by atoms with van der Waals surface area (Å²) in [6, 6.07) is 6.16. The van der Waals surface area contributed by atoms with Crippen LogP contribution in [-0.4, -0.2) is 31.6 Å². The van der Waals surface area contributed by atoms with Crippen LogP contribution in [0.2, 0.25) is 0 Å². The van der Waals surface area contributed by atoms with Crippen molar-refractivity contribution in [3.63, 3.8) is 0 Å². The van der Waals surface area contributed by atoms with Crippen LogP contribution in [0.5, 0.6) is 0 Å². The monoisotopic (exact) mass is 277 g/mol. The Morgan fingerprint density at radius 1 is 1.37 bits per heavy atom. The third-order valence-corrected chi connectivity index (χ3v) is 3.80.